The van der Waals surface area contributed by atoms with Gasteiger partial charge in [-0.05, 0) is 6.42 Å². The molecule has 0 spiro atoms. The Hall–Kier alpha value is -0.650. The van der Waals surface area contributed by atoms with Crippen molar-refractivity contribution in [2.75, 3.05) is 38.2 Å². The maximum atomic E-state index is 5.34. The minimum absolute atomic E-state index is 0.853. The fourth-order valence-corrected chi connectivity index (χ4v) is 2.55. The Bertz CT molecular complexity index is 323. The normalized spacial score (nSPS) is 17.2. The van der Waals surface area contributed by atoms with Gasteiger partial charge in [0.05, 0.1) is 18.9 Å². The number of rotatable bonds is 6. The second kappa shape index (κ2) is 6.93. The largest absolute Gasteiger partial charge is 0.379 e. The molecule has 1 aromatic rings. The van der Waals surface area contributed by atoms with E-state index in [0.29, 0.717) is 0 Å². The van der Waals surface area contributed by atoms with Gasteiger partial charge in [0.25, 0.3) is 0 Å². The third-order valence-corrected chi connectivity index (χ3v) is 3.70. The molecule has 4 nitrogen and oxygen atoms in total. The lowest BCUT2D eigenvalue weighted by molar-refractivity contribution is 0.0337. The van der Waals surface area contributed by atoms with E-state index >= 15 is 0 Å². The molecule has 17 heavy (non-hydrogen) atoms. The average molecular weight is 255 g/mol. The molecule has 0 unspecified atom stereocenters. The molecule has 2 heterocycles. The second-order valence-electron chi connectivity index (χ2n) is 4.31. The third kappa shape index (κ3) is 4.26. The van der Waals surface area contributed by atoms with Crippen LogP contribution in [0.3, 0.4) is 0 Å². The molecule has 0 radical (unpaired) electrons. The summed E-state index contributed by atoms with van der Waals surface area (Å²) in [7, 11) is 0. The summed E-state index contributed by atoms with van der Waals surface area (Å²) in [6.07, 6.45) is 2.43. The average Bonchev–Trinajstić information content (AvgIpc) is 2.79. The third-order valence-electron chi connectivity index (χ3n) is 2.85. The van der Waals surface area contributed by atoms with Gasteiger partial charge in [-0.2, -0.15) is 0 Å². The Kier molecular flexibility index (Phi) is 5.22. The number of nitrogens with zero attached hydrogens (tertiary/aromatic N) is 2. The number of thiazole rings is 1. The number of unbranched alkanes of at least 4 members (excludes halogenated alkanes) is 1. The molecule has 2 rings (SSSR count). The van der Waals surface area contributed by atoms with Gasteiger partial charge in [0.15, 0.2) is 5.13 Å². The van der Waals surface area contributed by atoms with Crippen LogP contribution in [0.25, 0.3) is 0 Å². The van der Waals surface area contributed by atoms with Crippen LogP contribution in [-0.2, 0) is 11.3 Å². The van der Waals surface area contributed by atoms with Crippen LogP contribution in [0.2, 0.25) is 0 Å². The molecule has 0 saturated carbocycles. The first-order valence-electron chi connectivity index (χ1n) is 6.37. The lowest BCUT2D eigenvalue weighted by atomic mass is 10.3. The maximum Gasteiger partial charge on any atom is 0.182 e. The van der Waals surface area contributed by atoms with Crippen molar-refractivity contribution < 1.29 is 4.74 Å². The standard InChI is InChI=1S/C12H21N3OS/c1-2-3-4-13-12-14-11(10-17-12)9-15-5-7-16-8-6-15/h10H,2-9H2,1H3,(H,13,14). The second-order valence-corrected chi connectivity index (χ2v) is 5.17. The van der Waals surface area contributed by atoms with Gasteiger partial charge in [-0.15, -0.1) is 11.3 Å². The summed E-state index contributed by atoms with van der Waals surface area (Å²) in [5.74, 6) is 0. The maximum absolute atomic E-state index is 5.34. The van der Waals surface area contributed by atoms with Gasteiger partial charge in [-0.25, -0.2) is 4.98 Å². The van der Waals surface area contributed by atoms with Gasteiger partial charge in [-0.1, -0.05) is 13.3 Å². The molecule has 1 aromatic heterocycles. The van der Waals surface area contributed by atoms with E-state index in [2.05, 4.69) is 27.5 Å². The number of aromatic nitrogens is 1. The summed E-state index contributed by atoms with van der Waals surface area (Å²) in [5.41, 5.74) is 1.18. The van der Waals surface area contributed by atoms with Crippen molar-refractivity contribution in [3.05, 3.63) is 11.1 Å². The van der Waals surface area contributed by atoms with E-state index in [1.807, 2.05) is 0 Å². The van der Waals surface area contributed by atoms with Crippen molar-refractivity contribution in [3.8, 4) is 0 Å². The molecule has 1 aliphatic heterocycles. The predicted molar refractivity (Wildman–Crippen MR) is 71.6 cm³/mol. The van der Waals surface area contributed by atoms with Crippen LogP contribution in [0.5, 0.6) is 0 Å². The Morgan fingerprint density at radius 3 is 3.06 bits per heavy atom. The van der Waals surface area contributed by atoms with Gasteiger partial charge in [0.1, 0.15) is 0 Å². The minimum atomic E-state index is 0.853. The van der Waals surface area contributed by atoms with E-state index in [1.165, 1.54) is 18.5 Å². The highest BCUT2D eigenvalue weighted by Gasteiger charge is 2.12. The fraction of sp³-hybridized carbons (Fsp3) is 0.750. The molecule has 0 aromatic carbocycles. The van der Waals surface area contributed by atoms with Gasteiger partial charge < -0.3 is 10.1 Å². The minimum Gasteiger partial charge on any atom is -0.379 e. The van der Waals surface area contributed by atoms with Crippen molar-refractivity contribution >= 4 is 16.5 Å². The lowest BCUT2D eigenvalue weighted by Gasteiger charge is -2.25. The predicted octanol–water partition coefficient (Wildman–Crippen LogP) is 2.19. The summed E-state index contributed by atoms with van der Waals surface area (Å²) in [6.45, 7) is 7.94. The quantitative estimate of drug-likeness (QED) is 0.791. The monoisotopic (exact) mass is 255 g/mol. The van der Waals surface area contributed by atoms with Crippen LogP contribution < -0.4 is 5.32 Å². The Balaban J connectivity index is 1.76. The number of nitrogens with one attached hydrogen (secondary N) is 1. The van der Waals surface area contributed by atoms with E-state index in [-0.39, 0.29) is 0 Å². The van der Waals surface area contributed by atoms with E-state index in [9.17, 15) is 0 Å². The fourth-order valence-electron chi connectivity index (χ4n) is 1.82. The van der Waals surface area contributed by atoms with E-state index in [0.717, 1.165) is 44.5 Å². The number of hydrogen-bond acceptors (Lipinski definition) is 5. The molecular weight excluding hydrogens is 234 g/mol. The lowest BCUT2D eigenvalue weighted by Crippen LogP contribution is -2.35. The Labute approximate surface area is 107 Å². The van der Waals surface area contributed by atoms with Crippen molar-refractivity contribution in [1.29, 1.82) is 0 Å². The number of hydrogen-bond donors (Lipinski definition) is 1. The molecule has 1 fully saturated rings. The molecule has 1 saturated heterocycles. The van der Waals surface area contributed by atoms with Crippen LogP contribution in [-0.4, -0.2) is 42.7 Å². The molecule has 0 bridgehead atoms. The zero-order valence-corrected chi connectivity index (χ0v) is 11.3. The first-order chi connectivity index (χ1) is 8.38. The highest BCUT2D eigenvalue weighted by atomic mass is 32.1. The highest BCUT2D eigenvalue weighted by molar-refractivity contribution is 7.13. The molecule has 0 atom stereocenters. The molecule has 0 aliphatic carbocycles. The van der Waals surface area contributed by atoms with Gasteiger partial charge in [0, 0.05) is 31.6 Å². The van der Waals surface area contributed by atoms with Crippen LogP contribution >= 0.6 is 11.3 Å². The number of ether oxygens (including phenoxy) is 1. The van der Waals surface area contributed by atoms with Crippen LogP contribution in [0.15, 0.2) is 5.38 Å². The van der Waals surface area contributed by atoms with Crippen molar-refractivity contribution in [2.24, 2.45) is 0 Å². The molecule has 0 amide bonds. The van der Waals surface area contributed by atoms with E-state index in [4.69, 9.17) is 4.74 Å². The molecular formula is C12H21N3OS. The van der Waals surface area contributed by atoms with Gasteiger partial charge in [-0.3, -0.25) is 4.90 Å². The molecule has 5 heteroatoms. The smallest absolute Gasteiger partial charge is 0.182 e. The molecule has 1 aliphatic rings. The van der Waals surface area contributed by atoms with Crippen LogP contribution in [0, 0.1) is 0 Å². The zero-order chi connectivity index (χ0) is 11.9. The SMILES string of the molecule is CCCCNc1nc(CN2CCOCC2)cs1. The number of morpholine rings is 1. The van der Waals surface area contributed by atoms with Crippen LogP contribution in [0.1, 0.15) is 25.5 Å². The molecule has 96 valence electrons. The van der Waals surface area contributed by atoms with Gasteiger partial charge >= 0.3 is 0 Å². The highest BCUT2D eigenvalue weighted by Crippen LogP contribution is 2.17. The van der Waals surface area contributed by atoms with Crippen molar-refractivity contribution in [2.45, 2.75) is 26.3 Å². The van der Waals surface area contributed by atoms with Crippen molar-refractivity contribution in [3.63, 3.8) is 0 Å². The first-order valence-corrected chi connectivity index (χ1v) is 7.25. The first kappa shape index (κ1) is 12.8. The van der Waals surface area contributed by atoms with E-state index < -0.39 is 0 Å². The van der Waals surface area contributed by atoms with Crippen LogP contribution in [0.4, 0.5) is 5.13 Å². The topological polar surface area (TPSA) is 37.4 Å². The zero-order valence-electron chi connectivity index (χ0n) is 10.4. The molecule has 1 N–H and O–H groups in total. The van der Waals surface area contributed by atoms with Gasteiger partial charge in [0.2, 0.25) is 0 Å². The summed E-state index contributed by atoms with van der Waals surface area (Å²) < 4.78 is 5.34. The summed E-state index contributed by atoms with van der Waals surface area (Å²) in [5, 5.41) is 6.58. The van der Waals surface area contributed by atoms with E-state index in [1.54, 1.807) is 11.3 Å². The summed E-state index contributed by atoms with van der Waals surface area (Å²) >= 11 is 1.71. The Morgan fingerprint density at radius 2 is 2.29 bits per heavy atom. The number of anilines is 1. The summed E-state index contributed by atoms with van der Waals surface area (Å²) in [6, 6.07) is 0. The van der Waals surface area contributed by atoms with Crippen molar-refractivity contribution in [1.82, 2.24) is 9.88 Å². The Morgan fingerprint density at radius 1 is 1.47 bits per heavy atom. The summed E-state index contributed by atoms with van der Waals surface area (Å²) in [4.78, 5) is 7.00.